The van der Waals surface area contributed by atoms with E-state index in [1.165, 1.54) is 38.5 Å². The summed E-state index contributed by atoms with van der Waals surface area (Å²) in [7, 11) is 0. The second kappa shape index (κ2) is 6.40. The first-order chi connectivity index (χ1) is 13.2. The number of hydrogen-bond donors (Lipinski definition) is 1. The standard InChI is InChI=1S/C24H39FO3/c1-21-10-11-24(26,15-25)14-16(21)4-5-17-18-6-7-20(23(3)27-12-13-28-23)22(18,2)9-8-19(17)21/h16-20,26H,4-15H2,1-3H3/t16?,17-,18-,19-,20-,21-,22-,24+/m0/s1. The van der Waals surface area contributed by atoms with E-state index in [-0.39, 0.29) is 11.2 Å². The van der Waals surface area contributed by atoms with Gasteiger partial charge in [-0.15, -0.1) is 0 Å². The van der Waals surface area contributed by atoms with E-state index in [1.54, 1.807) is 0 Å². The Labute approximate surface area is 169 Å². The van der Waals surface area contributed by atoms with E-state index in [4.69, 9.17) is 9.47 Å². The summed E-state index contributed by atoms with van der Waals surface area (Å²) in [4.78, 5) is 0. The third kappa shape index (κ3) is 2.62. The first kappa shape index (κ1) is 19.8. The van der Waals surface area contributed by atoms with Gasteiger partial charge in [0.15, 0.2) is 5.79 Å². The van der Waals surface area contributed by atoms with Crippen LogP contribution in [0.3, 0.4) is 0 Å². The van der Waals surface area contributed by atoms with Crippen LogP contribution < -0.4 is 0 Å². The van der Waals surface area contributed by atoms with Gasteiger partial charge in [-0.3, -0.25) is 0 Å². The molecule has 1 saturated heterocycles. The molecule has 0 spiro atoms. The molecule has 4 saturated carbocycles. The first-order valence-electron chi connectivity index (χ1n) is 11.8. The summed E-state index contributed by atoms with van der Waals surface area (Å²) in [5.41, 5.74) is -0.448. The van der Waals surface area contributed by atoms with E-state index in [9.17, 15) is 9.50 Å². The summed E-state index contributed by atoms with van der Waals surface area (Å²) in [5.74, 6) is 2.89. The van der Waals surface area contributed by atoms with Gasteiger partial charge in [0.1, 0.15) is 6.67 Å². The minimum absolute atomic E-state index is 0.286. The lowest BCUT2D eigenvalue weighted by atomic mass is 9.43. The van der Waals surface area contributed by atoms with Crippen molar-refractivity contribution in [3.05, 3.63) is 0 Å². The molecule has 0 aromatic rings. The maximum Gasteiger partial charge on any atom is 0.169 e. The summed E-state index contributed by atoms with van der Waals surface area (Å²) in [6.45, 7) is 8.08. The first-order valence-corrected chi connectivity index (χ1v) is 11.8. The molecule has 0 aromatic heterocycles. The number of hydrogen-bond acceptors (Lipinski definition) is 3. The van der Waals surface area contributed by atoms with Crippen molar-refractivity contribution in [2.45, 2.75) is 89.9 Å². The lowest BCUT2D eigenvalue weighted by Gasteiger charge is -2.62. The molecule has 5 fully saturated rings. The molecule has 4 heteroatoms. The molecular formula is C24H39FO3. The molecule has 1 aliphatic heterocycles. The van der Waals surface area contributed by atoms with Crippen LogP contribution in [0.15, 0.2) is 0 Å². The normalized spacial score (nSPS) is 55.4. The molecule has 5 aliphatic rings. The molecule has 3 nitrogen and oxygen atoms in total. The minimum atomic E-state index is -1.05. The van der Waals surface area contributed by atoms with Crippen LogP contribution >= 0.6 is 0 Å². The predicted molar refractivity (Wildman–Crippen MR) is 106 cm³/mol. The zero-order valence-electron chi connectivity index (χ0n) is 18.0. The zero-order valence-corrected chi connectivity index (χ0v) is 18.0. The van der Waals surface area contributed by atoms with Gasteiger partial charge < -0.3 is 14.6 Å². The monoisotopic (exact) mass is 394 g/mol. The fraction of sp³-hybridized carbons (Fsp3) is 1.00. The number of alkyl halides is 1. The highest BCUT2D eigenvalue weighted by molar-refractivity contribution is 5.12. The maximum atomic E-state index is 13.5. The van der Waals surface area contributed by atoms with Crippen molar-refractivity contribution < 1.29 is 19.0 Å². The van der Waals surface area contributed by atoms with Crippen molar-refractivity contribution in [1.82, 2.24) is 0 Å². The van der Waals surface area contributed by atoms with E-state index in [0.717, 1.165) is 37.4 Å². The summed E-state index contributed by atoms with van der Waals surface area (Å²) in [6.07, 6.45) is 9.82. The van der Waals surface area contributed by atoms with Crippen molar-refractivity contribution in [3.8, 4) is 0 Å². The smallest absolute Gasteiger partial charge is 0.169 e. The predicted octanol–water partition coefficient (Wildman–Crippen LogP) is 5.11. The highest BCUT2D eigenvalue weighted by Gasteiger charge is 2.64. The number of aliphatic hydroxyl groups is 1. The van der Waals surface area contributed by atoms with Gasteiger partial charge in [-0.2, -0.15) is 0 Å². The van der Waals surface area contributed by atoms with Gasteiger partial charge in [0.05, 0.1) is 18.8 Å². The van der Waals surface area contributed by atoms with Gasteiger partial charge in [0.2, 0.25) is 0 Å². The SMILES string of the molecule is CC1([C@H]2CC[C@H]3[C@@H]4CCC5C[C@@](O)(CF)CC[C@]5(C)[C@H]4CC[C@]23C)OCCO1. The molecular weight excluding hydrogens is 355 g/mol. The van der Waals surface area contributed by atoms with Gasteiger partial charge in [0.25, 0.3) is 0 Å². The summed E-state index contributed by atoms with van der Waals surface area (Å²) >= 11 is 0. The van der Waals surface area contributed by atoms with Crippen LogP contribution in [0.25, 0.3) is 0 Å². The van der Waals surface area contributed by atoms with E-state index >= 15 is 0 Å². The Hall–Kier alpha value is -0.190. The molecule has 0 aromatic carbocycles. The van der Waals surface area contributed by atoms with E-state index < -0.39 is 12.3 Å². The van der Waals surface area contributed by atoms with Crippen LogP contribution in [-0.2, 0) is 9.47 Å². The van der Waals surface area contributed by atoms with Gasteiger partial charge in [-0.1, -0.05) is 13.8 Å². The van der Waals surface area contributed by atoms with Crippen molar-refractivity contribution in [3.63, 3.8) is 0 Å². The summed E-state index contributed by atoms with van der Waals surface area (Å²) < 4.78 is 25.7. The second-order valence-corrected chi connectivity index (χ2v) is 11.6. The fourth-order valence-electron chi connectivity index (χ4n) is 9.04. The van der Waals surface area contributed by atoms with Gasteiger partial charge in [-0.25, -0.2) is 4.39 Å². The number of rotatable bonds is 2. The second-order valence-electron chi connectivity index (χ2n) is 11.6. The minimum Gasteiger partial charge on any atom is -0.387 e. The van der Waals surface area contributed by atoms with E-state index in [1.807, 2.05) is 0 Å². The molecule has 4 aliphatic carbocycles. The third-order valence-electron chi connectivity index (χ3n) is 10.6. The Kier molecular flexibility index (Phi) is 4.52. The van der Waals surface area contributed by atoms with Crippen molar-refractivity contribution in [2.24, 2.45) is 40.4 Å². The highest BCUT2D eigenvalue weighted by Crippen LogP contribution is 2.69. The van der Waals surface area contributed by atoms with Crippen molar-refractivity contribution >= 4 is 0 Å². The van der Waals surface area contributed by atoms with Crippen LogP contribution in [-0.4, -0.2) is 36.4 Å². The van der Waals surface area contributed by atoms with E-state index in [0.29, 0.717) is 30.1 Å². The van der Waals surface area contributed by atoms with E-state index in [2.05, 4.69) is 20.8 Å². The molecule has 1 N–H and O–H groups in total. The molecule has 1 heterocycles. The average molecular weight is 395 g/mol. The molecule has 160 valence electrons. The van der Waals surface area contributed by atoms with Crippen LogP contribution in [0.4, 0.5) is 4.39 Å². The molecule has 5 rings (SSSR count). The molecule has 0 amide bonds. The number of halogens is 1. The van der Waals surface area contributed by atoms with Crippen LogP contribution in [0.5, 0.6) is 0 Å². The Balaban J connectivity index is 1.39. The molecule has 28 heavy (non-hydrogen) atoms. The van der Waals surface area contributed by atoms with Gasteiger partial charge in [-0.05, 0) is 99.2 Å². The quantitative estimate of drug-likeness (QED) is 0.707. The summed E-state index contributed by atoms with van der Waals surface area (Å²) in [5, 5.41) is 10.6. The fourth-order valence-corrected chi connectivity index (χ4v) is 9.04. The third-order valence-corrected chi connectivity index (χ3v) is 10.6. The zero-order chi connectivity index (χ0) is 19.8. The van der Waals surface area contributed by atoms with Crippen LogP contribution in [0.2, 0.25) is 0 Å². The maximum absolute atomic E-state index is 13.5. The topological polar surface area (TPSA) is 38.7 Å². The highest BCUT2D eigenvalue weighted by atomic mass is 19.1. The largest absolute Gasteiger partial charge is 0.387 e. The average Bonchev–Trinajstić information content (AvgIpc) is 3.26. The van der Waals surface area contributed by atoms with Crippen molar-refractivity contribution in [1.29, 1.82) is 0 Å². The Morgan fingerprint density at radius 1 is 0.857 bits per heavy atom. The van der Waals surface area contributed by atoms with Crippen LogP contribution in [0.1, 0.15) is 78.6 Å². The van der Waals surface area contributed by atoms with Gasteiger partial charge in [0, 0.05) is 5.92 Å². The van der Waals surface area contributed by atoms with Crippen LogP contribution in [0, 0.1) is 40.4 Å². The Bertz CT molecular complexity index is 619. The molecule has 0 radical (unpaired) electrons. The Morgan fingerprint density at radius 3 is 2.29 bits per heavy atom. The number of fused-ring (bicyclic) bond motifs is 5. The molecule has 1 unspecified atom stereocenters. The van der Waals surface area contributed by atoms with Crippen molar-refractivity contribution in [2.75, 3.05) is 19.9 Å². The Morgan fingerprint density at radius 2 is 1.57 bits per heavy atom. The molecule has 0 bridgehead atoms. The lowest BCUT2D eigenvalue weighted by Crippen LogP contribution is -2.57. The van der Waals surface area contributed by atoms with Gasteiger partial charge >= 0.3 is 0 Å². The lowest BCUT2D eigenvalue weighted by molar-refractivity contribution is -0.220. The number of ether oxygens (including phenoxy) is 2. The summed E-state index contributed by atoms with van der Waals surface area (Å²) in [6, 6.07) is 0. The molecule has 8 atom stereocenters.